The fraction of sp³-hybridized carbons (Fsp3) is 0.714. The number of hydrogen-bond donors (Lipinski definition) is 1. The number of hydrogen-bond acceptors (Lipinski definition) is 5. The normalized spacial score (nSPS) is 24.1. The minimum atomic E-state index is 0.713. The molecule has 5 nitrogen and oxygen atoms in total. The molecule has 3 rings (SSSR count). The Morgan fingerprint density at radius 3 is 2.79 bits per heavy atom. The zero-order chi connectivity index (χ0) is 13.2. The van der Waals surface area contributed by atoms with Crippen LogP contribution in [-0.4, -0.2) is 54.1 Å². The molecule has 0 radical (unpaired) electrons. The molecule has 2 aliphatic rings. The Kier molecular flexibility index (Phi) is 3.55. The highest BCUT2D eigenvalue weighted by Crippen LogP contribution is 2.26. The summed E-state index contributed by atoms with van der Waals surface area (Å²) in [6.45, 7) is 6.88. The lowest BCUT2D eigenvalue weighted by Gasteiger charge is -2.24. The second-order valence-corrected chi connectivity index (χ2v) is 5.58. The van der Waals surface area contributed by atoms with Crippen LogP contribution in [0.3, 0.4) is 0 Å². The van der Waals surface area contributed by atoms with E-state index in [0.29, 0.717) is 5.95 Å². The van der Waals surface area contributed by atoms with Crippen molar-refractivity contribution >= 4 is 11.8 Å². The van der Waals surface area contributed by atoms with Crippen LogP contribution >= 0.6 is 0 Å². The van der Waals surface area contributed by atoms with Gasteiger partial charge < -0.3 is 10.2 Å². The van der Waals surface area contributed by atoms with Crippen LogP contribution < -0.4 is 10.2 Å². The van der Waals surface area contributed by atoms with Crippen LogP contribution in [-0.2, 0) is 0 Å². The summed E-state index contributed by atoms with van der Waals surface area (Å²) in [5, 5.41) is 3.03. The Labute approximate surface area is 115 Å². The van der Waals surface area contributed by atoms with E-state index in [0.717, 1.165) is 24.9 Å². The maximum atomic E-state index is 4.62. The van der Waals surface area contributed by atoms with E-state index in [1.165, 1.54) is 37.9 Å². The number of nitrogens with zero attached hydrogens (tertiary/aromatic N) is 4. The third kappa shape index (κ3) is 2.52. The van der Waals surface area contributed by atoms with Gasteiger partial charge in [0, 0.05) is 37.9 Å². The van der Waals surface area contributed by atoms with E-state index >= 15 is 0 Å². The van der Waals surface area contributed by atoms with Gasteiger partial charge in [-0.2, -0.15) is 4.98 Å². The molecular formula is C14H23N5. The average molecular weight is 261 g/mol. The van der Waals surface area contributed by atoms with Crippen LogP contribution in [0.25, 0.3) is 0 Å². The van der Waals surface area contributed by atoms with Crippen molar-refractivity contribution in [1.29, 1.82) is 0 Å². The molecule has 1 aromatic heterocycles. The first-order valence-electron chi connectivity index (χ1n) is 7.28. The summed E-state index contributed by atoms with van der Waals surface area (Å²) in [7, 11) is 1.87. The molecule has 1 unspecified atom stereocenters. The van der Waals surface area contributed by atoms with Crippen LogP contribution in [0.5, 0.6) is 0 Å². The minimum Gasteiger partial charge on any atom is -0.357 e. The monoisotopic (exact) mass is 261 g/mol. The third-order valence-electron chi connectivity index (χ3n) is 4.29. The van der Waals surface area contributed by atoms with Gasteiger partial charge in [0.1, 0.15) is 5.82 Å². The molecule has 1 aromatic rings. The molecular weight excluding hydrogens is 238 g/mol. The molecule has 104 valence electrons. The predicted octanol–water partition coefficient (Wildman–Crippen LogP) is 1.50. The third-order valence-corrected chi connectivity index (χ3v) is 4.29. The molecule has 2 aliphatic heterocycles. The van der Waals surface area contributed by atoms with Crippen LogP contribution in [0.4, 0.5) is 11.8 Å². The van der Waals surface area contributed by atoms with E-state index in [1.807, 2.05) is 13.2 Å². The first-order valence-corrected chi connectivity index (χ1v) is 7.28. The van der Waals surface area contributed by atoms with Crippen LogP contribution in [0, 0.1) is 6.92 Å². The summed E-state index contributed by atoms with van der Waals surface area (Å²) in [4.78, 5) is 14.0. The van der Waals surface area contributed by atoms with Gasteiger partial charge in [-0.05, 0) is 39.3 Å². The molecule has 19 heavy (non-hydrogen) atoms. The predicted molar refractivity (Wildman–Crippen MR) is 77.7 cm³/mol. The largest absolute Gasteiger partial charge is 0.357 e. The molecule has 0 aromatic carbocycles. The number of anilines is 2. The van der Waals surface area contributed by atoms with Crippen molar-refractivity contribution < 1.29 is 0 Å². The summed E-state index contributed by atoms with van der Waals surface area (Å²) >= 11 is 0. The summed E-state index contributed by atoms with van der Waals surface area (Å²) in [5.74, 6) is 1.81. The maximum Gasteiger partial charge on any atom is 0.224 e. The molecule has 3 heterocycles. The van der Waals surface area contributed by atoms with Gasteiger partial charge in [-0.15, -0.1) is 0 Å². The van der Waals surface area contributed by atoms with Gasteiger partial charge in [-0.1, -0.05) is 0 Å². The number of likely N-dealkylation sites (tertiary alicyclic amines) is 1. The first-order chi connectivity index (χ1) is 9.28. The topological polar surface area (TPSA) is 44.3 Å². The second-order valence-electron chi connectivity index (χ2n) is 5.58. The molecule has 1 atom stereocenters. The zero-order valence-electron chi connectivity index (χ0n) is 11.9. The molecule has 0 bridgehead atoms. The van der Waals surface area contributed by atoms with Crippen molar-refractivity contribution in [2.24, 2.45) is 0 Å². The second kappa shape index (κ2) is 5.33. The molecule has 0 spiro atoms. The van der Waals surface area contributed by atoms with Crippen molar-refractivity contribution in [3.8, 4) is 0 Å². The SMILES string of the molecule is CNc1ncc(C)c(N2CCC(N3CCCC3)C2)n1. The average Bonchev–Trinajstić information content (AvgIpc) is 3.10. The minimum absolute atomic E-state index is 0.713. The highest BCUT2D eigenvalue weighted by molar-refractivity contribution is 5.49. The molecule has 5 heteroatoms. The number of nitrogens with one attached hydrogen (secondary N) is 1. The first kappa shape index (κ1) is 12.7. The molecule has 0 aliphatic carbocycles. The number of aromatic nitrogens is 2. The van der Waals surface area contributed by atoms with Crippen molar-refractivity contribution in [2.75, 3.05) is 43.4 Å². The smallest absolute Gasteiger partial charge is 0.224 e. The van der Waals surface area contributed by atoms with E-state index in [4.69, 9.17) is 0 Å². The van der Waals surface area contributed by atoms with E-state index in [-0.39, 0.29) is 0 Å². The van der Waals surface area contributed by atoms with E-state index < -0.39 is 0 Å². The van der Waals surface area contributed by atoms with E-state index in [9.17, 15) is 0 Å². The van der Waals surface area contributed by atoms with Gasteiger partial charge in [-0.25, -0.2) is 4.98 Å². The van der Waals surface area contributed by atoms with Gasteiger partial charge >= 0.3 is 0 Å². The molecule has 0 saturated carbocycles. The van der Waals surface area contributed by atoms with E-state index in [2.05, 4.69) is 32.0 Å². The number of rotatable bonds is 3. The van der Waals surface area contributed by atoms with Crippen molar-refractivity contribution in [1.82, 2.24) is 14.9 Å². The van der Waals surface area contributed by atoms with Crippen LogP contribution in [0.1, 0.15) is 24.8 Å². The molecule has 0 amide bonds. The summed E-state index contributed by atoms with van der Waals surface area (Å²) in [5.41, 5.74) is 1.17. The Hall–Kier alpha value is -1.36. The Morgan fingerprint density at radius 2 is 2.05 bits per heavy atom. The lowest BCUT2D eigenvalue weighted by Crippen LogP contribution is -2.35. The quantitative estimate of drug-likeness (QED) is 0.893. The maximum absolute atomic E-state index is 4.62. The van der Waals surface area contributed by atoms with Crippen LogP contribution in [0.2, 0.25) is 0 Å². The Morgan fingerprint density at radius 1 is 1.26 bits per heavy atom. The fourth-order valence-electron chi connectivity index (χ4n) is 3.21. The van der Waals surface area contributed by atoms with Gasteiger partial charge in [0.05, 0.1) is 0 Å². The lowest BCUT2D eigenvalue weighted by molar-refractivity contribution is 0.260. The van der Waals surface area contributed by atoms with Crippen LogP contribution in [0.15, 0.2) is 6.20 Å². The van der Waals surface area contributed by atoms with Gasteiger partial charge in [0.15, 0.2) is 0 Å². The Balaban J connectivity index is 1.73. The highest BCUT2D eigenvalue weighted by Gasteiger charge is 2.30. The molecule has 1 N–H and O–H groups in total. The fourth-order valence-corrected chi connectivity index (χ4v) is 3.21. The van der Waals surface area contributed by atoms with E-state index in [1.54, 1.807) is 0 Å². The van der Waals surface area contributed by atoms with Crippen molar-refractivity contribution in [2.45, 2.75) is 32.2 Å². The standard InChI is InChI=1S/C14H23N5/c1-11-9-16-14(15-2)17-13(11)19-8-5-12(10-19)18-6-3-4-7-18/h9,12H,3-8,10H2,1-2H3,(H,15,16,17). The van der Waals surface area contributed by atoms with Gasteiger partial charge in [-0.3, -0.25) is 4.90 Å². The molecule has 2 fully saturated rings. The Bertz CT molecular complexity index is 441. The number of aryl methyl sites for hydroxylation is 1. The lowest BCUT2D eigenvalue weighted by atomic mass is 10.2. The zero-order valence-corrected chi connectivity index (χ0v) is 11.9. The van der Waals surface area contributed by atoms with Gasteiger partial charge in [0.25, 0.3) is 0 Å². The van der Waals surface area contributed by atoms with Gasteiger partial charge in [0.2, 0.25) is 5.95 Å². The van der Waals surface area contributed by atoms with Crippen molar-refractivity contribution in [3.63, 3.8) is 0 Å². The summed E-state index contributed by atoms with van der Waals surface area (Å²) in [6.07, 6.45) is 5.91. The van der Waals surface area contributed by atoms with Crippen molar-refractivity contribution in [3.05, 3.63) is 11.8 Å². The highest BCUT2D eigenvalue weighted by atomic mass is 15.3. The summed E-state index contributed by atoms with van der Waals surface area (Å²) < 4.78 is 0. The summed E-state index contributed by atoms with van der Waals surface area (Å²) in [6, 6.07) is 0.718. The molecule has 2 saturated heterocycles.